The van der Waals surface area contributed by atoms with Crippen LogP contribution < -0.4 is 10.5 Å². The number of nitrogens with two attached hydrogens (primary N) is 1. The smallest absolute Gasteiger partial charge is 0.191 e. The number of nitrogens with zero attached hydrogens (tertiary/aromatic N) is 2. The van der Waals surface area contributed by atoms with Gasteiger partial charge in [0.1, 0.15) is 6.10 Å². The van der Waals surface area contributed by atoms with E-state index >= 15 is 0 Å². The highest BCUT2D eigenvalue weighted by molar-refractivity contribution is 14.0. The lowest BCUT2D eigenvalue weighted by Gasteiger charge is -2.27. The zero-order valence-electron chi connectivity index (χ0n) is 12.0. The average molecular weight is 425 g/mol. The molecule has 0 spiro atoms. The maximum atomic E-state index is 13.4. The molecule has 118 valence electrons. The third-order valence-electron chi connectivity index (χ3n) is 3.01. The van der Waals surface area contributed by atoms with Crippen molar-refractivity contribution < 1.29 is 9.13 Å². The summed E-state index contributed by atoms with van der Waals surface area (Å²) in [4.78, 5) is 6.41. The Balaban J connectivity index is 0.00000220. The zero-order chi connectivity index (χ0) is 14.4. The number of hydrogen-bond donors (Lipinski definition) is 1. The van der Waals surface area contributed by atoms with Gasteiger partial charge in [0.05, 0.1) is 6.54 Å². The minimum Gasteiger partial charge on any atom is -0.486 e. The number of thioether (sulfide) groups is 1. The van der Waals surface area contributed by atoms with Crippen LogP contribution in [0.2, 0.25) is 0 Å². The summed E-state index contributed by atoms with van der Waals surface area (Å²) < 4.78 is 19.0. The van der Waals surface area contributed by atoms with Gasteiger partial charge in [-0.05, 0) is 19.1 Å². The first-order valence-electron chi connectivity index (χ1n) is 6.70. The fourth-order valence-electron chi connectivity index (χ4n) is 1.91. The molecule has 0 aliphatic carbocycles. The van der Waals surface area contributed by atoms with E-state index in [2.05, 4.69) is 9.89 Å². The first-order valence-corrected chi connectivity index (χ1v) is 7.86. The topological polar surface area (TPSA) is 50.8 Å². The van der Waals surface area contributed by atoms with E-state index in [-0.39, 0.29) is 41.6 Å². The Labute approximate surface area is 146 Å². The van der Waals surface area contributed by atoms with E-state index in [1.165, 1.54) is 6.07 Å². The van der Waals surface area contributed by atoms with Crippen LogP contribution in [0.15, 0.2) is 29.3 Å². The number of hydrogen-bond acceptors (Lipinski definition) is 3. The van der Waals surface area contributed by atoms with Crippen molar-refractivity contribution >= 4 is 41.7 Å². The molecule has 1 heterocycles. The fourth-order valence-corrected chi connectivity index (χ4v) is 2.81. The summed E-state index contributed by atoms with van der Waals surface area (Å²) in [5.74, 6) is 2.61. The van der Waals surface area contributed by atoms with E-state index in [0.717, 1.165) is 24.6 Å². The van der Waals surface area contributed by atoms with Crippen LogP contribution in [0.4, 0.5) is 4.39 Å². The van der Waals surface area contributed by atoms with Crippen LogP contribution in [0, 0.1) is 5.82 Å². The van der Waals surface area contributed by atoms with Crippen molar-refractivity contribution in [1.29, 1.82) is 0 Å². The minimum atomic E-state index is -0.357. The van der Waals surface area contributed by atoms with Crippen LogP contribution in [-0.4, -0.2) is 48.1 Å². The summed E-state index contributed by atoms with van der Waals surface area (Å²) in [6, 6.07) is 6.37. The van der Waals surface area contributed by atoms with Crippen LogP contribution in [0.1, 0.15) is 6.92 Å². The van der Waals surface area contributed by atoms with Gasteiger partial charge < -0.3 is 15.4 Å². The maximum Gasteiger partial charge on any atom is 0.191 e. The molecule has 1 aliphatic heterocycles. The summed E-state index contributed by atoms with van der Waals surface area (Å²) in [6.07, 6.45) is -0.218. The quantitative estimate of drug-likeness (QED) is 0.458. The zero-order valence-corrected chi connectivity index (χ0v) is 15.1. The Morgan fingerprint density at radius 3 is 2.76 bits per heavy atom. The van der Waals surface area contributed by atoms with Gasteiger partial charge in [0.25, 0.3) is 0 Å². The van der Waals surface area contributed by atoms with E-state index in [4.69, 9.17) is 10.5 Å². The molecule has 0 aromatic heterocycles. The first kappa shape index (κ1) is 18.3. The molecular weight excluding hydrogens is 404 g/mol. The number of para-hydroxylation sites is 1. The number of ether oxygens (including phenoxy) is 1. The lowest BCUT2D eigenvalue weighted by molar-refractivity contribution is 0.219. The van der Waals surface area contributed by atoms with Crippen LogP contribution in [0.3, 0.4) is 0 Å². The molecule has 21 heavy (non-hydrogen) atoms. The molecule has 0 radical (unpaired) electrons. The van der Waals surface area contributed by atoms with Crippen LogP contribution >= 0.6 is 35.7 Å². The molecule has 1 aliphatic rings. The van der Waals surface area contributed by atoms with E-state index < -0.39 is 0 Å². The molecule has 1 aromatic carbocycles. The van der Waals surface area contributed by atoms with Crippen molar-refractivity contribution in [2.75, 3.05) is 31.1 Å². The van der Waals surface area contributed by atoms with Gasteiger partial charge in [-0.15, -0.1) is 24.0 Å². The normalized spacial score (nSPS) is 17.0. The Hall–Kier alpha value is -0.700. The number of rotatable bonds is 4. The van der Waals surface area contributed by atoms with Gasteiger partial charge in [-0.2, -0.15) is 11.8 Å². The van der Waals surface area contributed by atoms with E-state index in [9.17, 15) is 4.39 Å². The molecule has 7 heteroatoms. The van der Waals surface area contributed by atoms with E-state index in [0.29, 0.717) is 12.5 Å². The summed E-state index contributed by atoms with van der Waals surface area (Å²) >= 11 is 1.93. The summed E-state index contributed by atoms with van der Waals surface area (Å²) in [5, 5.41) is 0. The highest BCUT2D eigenvalue weighted by atomic mass is 127. The molecule has 2 rings (SSSR count). The lowest BCUT2D eigenvalue weighted by Crippen LogP contribution is -2.43. The third-order valence-corrected chi connectivity index (χ3v) is 3.95. The Morgan fingerprint density at radius 2 is 2.10 bits per heavy atom. The monoisotopic (exact) mass is 425 g/mol. The molecule has 0 amide bonds. The molecule has 1 aromatic rings. The second-order valence-corrected chi connectivity index (χ2v) is 5.88. The second kappa shape index (κ2) is 9.34. The van der Waals surface area contributed by atoms with Gasteiger partial charge in [0.15, 0.2) is 17.5 Å². The van der Waals surface area contributed by atoms with E-state index in [1.54, 1.807) is 18.2 Å². The first-order chi connectivity index (χ1) is 9.66. The van der Waals surface area contributed by atoms with Gasteiger partial charge in [-0.25, -0.2) is 9.38 Å². The summed E-state index contributed by atoms with van der Waals surface area (Å²) in [5.41, 5.74) is 5.96. The van der Waals surface area contributed by atoms with Crippen LogP contribution in [0.25, 0.3) is 0 Å². The fraction of sp³-hybridized carbons (Fsp3) is 0.500. The largest absolute Gasteiger partial charge is 0.486 e. The predicted octanol–water partition coefficient (Wildman–Crippen LogP) is 2.57. The van der Waals surface area contributed by atoms with Crippen LogP contribution in [-0.2, 0) is 0 Å². The Bertz CT molecular complexity index is 469. The van der Waals surface area contributed by atoms with Crippen LogP contribution in [0.5, 0.6) is 5.75 Å². The predicted molar refractivity (Wildman–Crippen MR) is 97.3 cm³/mol. The van der Waals surface area contributed by atoms with Crippen molar-refractivity contribution in [2.45, 2.75) is 13.0 Å². The Kier molecular flexibility index (Phi) is 8.16. The second-order valence-electron chi connectivity index (χ2n) is 4.66. The molecule has 1 fully saturated rings. The highest BCUT2D eigenvalue weighted by Gasteiger charge is 2.13. The number of aliphatic imine (C=N–C) groups is 1. The van der Waals surface area contributed by atoms with Crippen molar-refractivity contribution in [3.05, 3.63) is 30.1 Å². The SMILES string of the molecule is CC(CN=C(N)N1CCSCC1)Oc1ccccc1F.I. The van der Waals surface area contributed by atoms with Gasteiger partial charge in [-0.1, -0.05) is 12.1 Å². The molecule has 1 saturated heterocycles. The highest BCUT2D eigenvalue weighted by Crippen LogP contribution is 2.17. The van der Waals surface area contributed by atoms with Gasteiger partial charge in [0.2, 0.25) is 0 Å². The Morgan fingerprint density at radius 1 is 1.43 bits per heavy atom. The van der Waals surface area contributed by atoms with Gasteiger partial charge in [-0.3, -0.25) is 0 Å². The maximum absolute atomic E-state index is 13.4. The molecule has 0 bridgehead atoms. The number of benzene rings is 1. The van der Waals surface area contributed by atoms with Crippen molar-refractivity contribution in [2.24, 2.45) is 10.7 Å². The minimum absolute atomic E-state index is 0. The lowest BCUT2D eigenvalue weighted by atomic mass is 10.3. The molecule has 1 atom stereocenters. The third kappa shape index (κ3) is 5.90. The van der Waals surface area contributed by atoms with Gasteiger partial charge >= 0.3 is 0 Å². The standard InChI is InChI=1S/C14H20FN3OS.HI/c1-11(19-13-5-3-2-4-12(13)15)10-17-14(16)18-6-8-20-9-7-18;/h2-5,11H,6-10H2,1H3,(H2,16,17);1H. The molecular formula is C14H21FIN3OS. The summed E-state index contributed by atoms with van der Waals surface area (Å²) in [6.45, 7) is 4.14. The number of guanidine groups is 1. The molecule has 2 N–H and O–H groups in total. The van der Waals surface area contributed by atoms with Crippen molar-refractivity contribution in [3.63, 3.8) is 0 Å². The molecule has 0 saturated carbocycles. The number of halogens is 2. The van der Waals surface area contributed by atoms with Crippen molar-refractivity contribution in [3.8, 4) is 5.75 Å². The van der Waals surface area contributed by atoms with Gasteiger partial charge in [0, 0.05) is 24.6 Å². The van der Waals surface area contributed by atoms with Crippen molar-refractivity contribution in [1.82, 2.24) is 4.90 Å². The molecule has 4 nitrogen and oxygen atoms in total. The van der Waals surface area contributed by atoms with E-state index in [1.807, 2.05) is 18.7 Å². The average Bonchev–Trinajstić information content (AvgIpc) is 2.48. The molecule has 1 unspecified atom stereocenters. The summed E-state index contributed by atoms with van der Waals surface area (Å²) in [7, 11) is 0.